The summed E-state index contributed by atoms with van der Waals surface area (Å²) in [5.74, 6) is 1.52. The second kappa shape index (κ2) is 8.64. The molecule has 0 fully saturated rings. The molecule has 0 unspecified atom stereocenters. The van der Waals surface area contributed by atoms with Crippen molar-refractivity contribution in [3.8, 4) is 28.4 Å². The van der Waals surface area contributed by atoms with Crippen molar-refractivity contribution in [3.63, 3.8) is 0 Å². The van der Waals surface area contributed by atoms with Gasteiger partial charge in [0.2, 0.25) is 0 Å². The number of benzene rings is 2. The zero-order chi connectivity index (χ0) is 22.9. The number of aromatic hydroxyl groups is 1. The molecule has 0 radical (unpaired) electrons. The van der Waals surface area contributed by atoms with Gasteiger partial charge in [0.25, 0.3) is 0 Å². The number of rotatable bonds is 7. The molecule has 4 rings (SSSR count). The lowest BCUT2D eigenvalue weighted by atomic mass is 10.1. The van der Waals surface area contributed by atoms with E-state index in [9.17, 15) is 13.5 Å². The summed E-state index contributed by atoms with van der Waals surface area (Å²) < 4.78 is 35.3. The number of phenols is 1. The van der Waals surface area contributed by atoms with Gasteiger partial charge in [-0.05, 0) is 35.9 Å². The monoisotopic (exact) mass is 471 g/mol. The second-order valence-electron chi connectivity index (χ2n) is 6.83. The van der Waals surface area contributed by atoms with Crippen molar-refractivity contribution in [2.24, 2.45) is 0 Å². The highest BCUT2D eigenvalue weighted by Gasteiger charge is 2.18. The lowest BCUT2D eigenvalue weighted by Crippen LogP contribution is -2.04. The summed E-state index contributed by atoms with van der Waals surface area (Å²) in [6.45, 7) is 1.57. The third-order valence-electron chi connectivity index (χ3n) is 5.03. The predicted molar refractivity (Wildman–Crippen MR) is 125 cm³/mol. The molecule has 0 amide bonds. The molecule has 0 bridgehead atoms. The van der Waals surface area contributed by atoms with Gasteiger partial charge < -0.3 is 19.9 Å². The van der Waals surface area contributed by atoms with Crippen LogP contribution in [0.25, 0.3) is 21.3 Å². The van der Waals surface area contributed by atoms with Crippen LogP contribution in [0.1, 0.15) is 6.92 Å². The molecule has 2 heterocycles. The maximum Gasteiger partial charge on any atom is 0.178 e. The first-order valence-corrected chi connectivity index (χ1v) is 12.2. The lowest BCUT2D eigenvalue weighted by molar-refractivity contribution is 0.355. The van der Waals surface area contributed by atoms with Gasteiger partial charge in [-0.15, -0.1) is 11.3 Å². The molecule has 8 nitrogen and oxygen atoms in total. The predicted octanol–water partition coefficient (Wildman–Crippen LogP) is 4.62. The number of anilines is 2. The van der Waals surface area contributed by atoms with Crippen molar-refractivity contribution < 1.29 is 23.0 Å². The Balaban J connectivity index is 1.83. The first-order valence-electron chi connectivity index (χ1n) is 9.65. The van der Waals surface area contributed by atoms with E-state index in [1.165, 1.54) is 35.9 Å². The van der Waals surface area contributed by atoms with Gasteiger partial charge in [-0.1, -0.05) is 13.0 Å². The molecule has 0 atom stereocenters. The Morgan fingerprint density at radius 1 is 1.06 bits per heavy atom. The van der Waals surface area contributed by atoms with E-state index in [1.54, 1.807) is 21.1 Å². The van der Waals surface area contributed by atoms with Gasteiger partial charge in [-0.2, -0.15) is 0 Å². The van der Waals surface area contributed by atoms with Crippen LogP contribution in [0, 0.1) is 0 Å². The minimum atomic E-state index is -3.43. The summed E-state index contributed by atoms with van der Waals surface area (Å²) in [6.07, 6.45) is 1.42. The topological polar surface area (TPSA) is 111 Å². The normalized spacial score (nSPS) is 11.5. The Morgan fingerprint density at radius 3 is 2.56 bits per heavy atom. The molecule has 0 spiro atoms. The summed E-state index contributed by atoms with van der Waals surface area (Å²) in [5, 5.41) is 16.1. The van der Waals surface area contributed by atoms with Crippen LogP contribution >= 0.6 is 11.3 Å². The number of aromatic nitrogens is 2. The highest BCUT2D eigenvalue weighted by atomic mass is 32.2. The number of hydrogen-bond acceptors (Lipinski definition) is 9. The lowest BCUT2D eigenvalue weighted by Gasteiger charge is -2.12. The fourth-order valence-corrected chi connectivity index (χ4v) is 5.11. The van der Waals surface area contributed by atoms with E-state index < -0.39 is 9.84 Å². The largest absolute Gasteiger partial charge is 0.506 e. The molecule has 2 aromatic carbocycles. The Morgan fingerprint density at radius 2 is 1.84 bits per heavy atom. The molecular weight excluding hydrogens is 450 g/mol. The van der Waals surface area contributed by atoms with Gasteiger partial charge in [-0.3, -0.25) is 0 Å². The number of fused-ring (bicyclic) bond motifs is 1. The third-order valence-corrected chi connectivity index (χ3v) is 7.64. The SMILES string of the molecule is CCS(=O)(=O)c1ccc(O)c(Nc2ncnc3scc(-c4ccc(OC)c(OC)c4)c23)c1. The van der Waals surface area contributed by atoms with Gasteiger partial charge in [0.15, 0.2) is 21.3 Å². The van der Waals surface area contributed by atoms with Crippen LogP contribution in [0.2, 0.25) is 0 Å². The smallest absolute Gasteiger partial charge is 0.178 e. The van der Waals surface area contributed by atoms with Crippen molar-refractivity contribution in [2.75, 3.05) is 25.3 Å². The molecule has 0 saturated carbocycles. The van der Waals surface area contributed by atoms with E-state index in [0.717, 1.165) is 21.3 Å². The van der Waals surface area contributed by atoms with Crippen LogP contribution in [-0.2, 0) is 9.84 Å². The highest BCUT2D eigenvalue weighted by Crippen LogP contribution is 2.41. The Hall–Kier alpha value is -3.37. The quantitative estimate of drug-likeness (QED) is 0.376. The summed E-state index contributed by atoms with van der Waals surface area (Å²) in [4.78, 5) is 9.57. The second-order valence-corrected chi connectivity index (χ2v) is 9.97. The van der Waals surface area contributed by atoms with Crippen molar-refractivity contribution in [1.82, 2.24) is 9.97 Å². The molecule has 32 heavy (non-hydrogen) atoms. The maximum absolute atomic E-state index is 12.3. The highest BCUT2D eigenvalue weighted by molar-refractivity contribution is 7.91. The van der Waals surface area contributed by atoms with Crippen LogP contribution < -0.4 is 14.8 Å². The van der Waals surface area contributed by atoms with Crippen LogP contribution in [0.3, 0.4) is 0 Å². The van der Waals surface area contributed by atoms with Crippen LogP contribution in [0.15, 0.2) is 53.0 Å². The van der Waals surface area contributed by atoms with Crippen molar-refractivity contribution in [3.05, 3.63) is 48.1 Å². The number of phenolic OH excluding ortho intramolecular Hbond substituents is 1. The standard InChI is InChI=1S/C22H21N3O5S2/c1-4-32(27,28)14-6-7-17(26)16(10-14)25-21-20-15(11-31-22(20)24-12-23-21)13-5-8-18(29-2)19(9-13)30-3/h5-12,26H,4H2,1-3H3,(H,23,24,25). The van der Waals surface area contributed by atoms with E-state index in [0.29, 0.717) is 17.3 Å². The Bertz CT molecular complexity index is 1400. The summed E-state index contributed by atoms with van der Waals surface area (Å²) >= 11 is 1.45. The van der Waals surface area contributed by atoms with E-state index in [1.807, 2.05) is 23.6 Å². The summed E-state index contributed by atoms with van der Waals surface area (Å²) in [5.41, 5.74) is 1.98. The first kappa shape index (κ1) is 21.8. The van der Waals surface area contributed by atoms with Crippen molar-refractivity contribution in [1.29, 1.82) is 0 Å². The van der Waals surface area contributed by atoms with Gasteiger partial charge in [0.05, 0.1) is 35.9 Å². The van der Waals surface area contributed by atoms with E-state index in [2.05, 4.69) is 15.3 Å². The van der Waals surface area contributed by atoms with Crippen molar-refractivity contribution in [2.45, 2.75) is 11.8 Å². The number of nitrogens with zero attached hydrogens (tertiary/aromatic N) is 2. The minimum Gasteiger partial charge on any atom is -0.506 e. The fraction of sp³-hybridized carbons (Fsp3) is 0.182. The average molecular weight is 472 g/mol. The zero-order valence-corrected chi connectivity index (χ0v) is 19.3. The third kappa shape index (κ3) is 3.94. The molecule has 166 valence electrons. The molecule has 0 saturated heterocycles. The first-order chi connectivity index (χ1) is 15.4. The van der Waals surface area contributed by atoms with Gasteiger partial charge in [0.1, 0.15) is 22.7 Å². The summed E-state index contributed by atoms with van der Waals surface area (Å²) in [7, 11) is -0.285. The number of ether oxygens (including phenoxy) is 2. The number of hydrogen-bond donors (Lipinski definition) is 2. The number of nitrogens with one attached hydrogen (secondary N) is 1. The molecular formula is C22H21N3O5S2. The minimum absolute atomic E-state index is 0.0387. The molecule has 0 aliphatic heterocycles. The van der Waals surface area contributed by atoms with Gasteiger partial charge in [-0.25, -0.2) is 18.4 Å². The number of thiophene rings is 1. The van der Waals surface area contributed by atoms with E-state index >= 15 is 0 Å². The molecule has 2 N–H and O–H groups in total. The summed E-state index contributed by atoms with van der Waals surface area (Å²) in [6, 6.07) is 9.74. The fourth-order valence-electron chi connectivity index (χ4n) is 3.29. The number of sulfone groups is 1. The van der Waals surface area contributed by atoms with Gasteiger partial charge >= 0.3 is 0 Å². The Labute approximate surface area is 189 Å². The number of methoxy groups -OCH3 is 2. The zero-order valence-electron chi connectivity index (χ0n) is 17.6. The van der Waals surface area contributed by atoms with Crippen LogP contribution in [0.4, 0.5) is 11.5 Å². The molecule has 0 aliphatic carbocycles. The van der Waals surface area contributed by atoms with E-state index in [-0.39, 0.29) is 22.1 Å². The van der Waals surface area contributed by atoms with E-state index in [4.69, 9.17) is 9.47 Å². The van der Waals surface area contributed by atoms with Crippen LogP contribution in [-0.4, -0.2) is 43.5 Å². The van der Waals surface area contributed by atoms with Gasteiger partial charge in [0, 0.05) is 10.9 Å². The van der Waals surface area contributed by atoms with Crippen LogP contribution in [0.5, 0.6) is 17.2 Å². The molecule has 4 aromatic rings. The molecule has 0 aliphatic rings. The molecule has 2 aromatic heterocycles. The average Bonchev–Trinajstić information content (AvgIpc) is 3.25. The van der Waals surface area contributed by atoms with Crippen molar-refractivity contribution >= 4 is 42.9 Å². The maximum atomic E-state index is 12.3. The Kier molecular flexibility index (Phi) is 5.90. The molecule has 10 heteroatoms.